The summed E-state index contributed by atoms with van der Waals surface area (Å²) in [6, 6.07) is 3.59. The highest BCUT2D eigenvalue weighted by atomic mass is 32.2. The first-order valence-electron chi connectivity index (χ1n) is 5.31. The molecule has 0 saturated carbocycles. The first-order valence-corrected chi connectivity index (χ1v) is 7.44. The highest BCUT2D eigenvalue weighted by Crippen LogP contribution is 2.13. The fraction of sp³-hybridized carbons (Fsp3) is 0.400. The molecule has 1 heterocycles. The van der Waals surface area contributed by atoms with E-state index in [9.17, 15) is 8.42 Å². The second-order valence-corrected chi connectivity index (χ2v) is 6.03. The van der Waals surface area contributed by atoms with Crippen LogP contribution in [0.2, 0.25) is 0 Å². The number of nitrogens with one attached hydrogen (secondary N) is 1. The number of hydrogen-bond acceptors (Lipinski definition) is 5. The van der Waals surface area contributed by atoms with Crippen molar-refractivity contribution in [1.29, 1.82) is 0 Å². The predicted octanol–water partition coefficient (Wildman–Crippen LogP) is 0.115. The maximum atomic E-state index is 10.8. The third-order valence-electron chi connectivity index (χ3n) is 2.20. The monoisotopic (exact) mass is 288 g/mol. The number of pyridine rings is 1. The molecular formula is C10H16N4O2S2. The smallest absolute Gasteiger partial charge is 0.209 e. The van der Waals surface area contributed by atoms with E-state index < -0.39 is 10.0 Å². The van der Waals surface area contributed by atoms with Crippen molar-refractivity contribution in [3.63, 3.8) is 0 Å². The van der Waals surface area contributed by atoms with E-state index >= 15 is 0 Å². The molecule has 0 atom stereocenters. The number of rotatable bonds is 6. The molecule has 0 aliphatic rings. The Balaban J connectivity index is 2.66. The average Bonchev–Trinajstić information content (AvgIpc) is 2.22. The highest BCUT2D eigenvalue weighted by Gasteiger charge is 2.07. The van der Waals surface area contributed by atoms with Gasteiger partial charge in [0.15, 0.2) is 0 Å². The summed E-state index contributed by atoms with van der Waals surface area (Å²) in [7, 11) is -3.42. The van der Waals surface area contributed by atoms with Crippen LogP contribution in [0.15, 0.2) is 12.1 Å². The Bertz CT molecular complexity index is 543. The van der Waals surface area contributed by atoms with Crippen LogP contribution in [0.1, 0.15) is 17.7 Å². The maximum Gasteiger partial charge on any atom is 0.209 e. The van der Waals surface area contributed by atoms with Gasteiger partial charge in [0.25, 0.3) is 0 Å². The van der Waals surface area contributed by atoms with Gasteiger partial charge in [-0.2, -0.15) is 0 Å². The number of hydrogen-bond donors (Lipinski definition) is 3. The second kappa shape index (κ2) is 6.07. The zero-order valence-corrected chi connectivity index (χ0v) is 11.6. The molecular weight excluding hydrogens is 272 g/mol. The summed E-state index contributed by atoms with van der Waals surface area (Å²) in [4.78, 5) is 4.52. The Labute approximate surface area is 112 Å². The Morgan fingerprint density at radius 1 is 1.50 bits per heavy atom. The molecule has 6 nitrogen and oxygen atoms in total. The number of nitrogens with two attached hydrogens (primary N) is 2. The van der Waals surface area contributed by atoms with Crippen molar-refractivity contribution < 1.29 is 8.42 Å². The molecule has 100 valence electrons. The summed E-state index contributed by atoms with van der Waals surface area (Å²) in [5, 5.41) is 7.91. The highest BCUT2D eigenvalue weighted by molar-refractivity contribution is 7.89. The van der Waals surface area contributed by atoms with Crippen LogP contribution in [0.5, 0.6) is 0 Å². The average molecular weight is 288 g/mol. The summed E-state index contributed by atoms with van der Waals surface area (Å²) in [6.07, 6.45) is 0.394. The van der Waals surface area contributed by atoms with Gasteiger partial charge in [-0.05, 0) is 25.5 Å². The van der Waals surface area contributed by atoms with E-state index in [1.807, 2.05) is 13.0 Å². The lowest BCUT2D eigenvalue weighted by atomic mass is 10.2. The Kier molecular flexibility index (Phi) is 5.00. The normalized spacial score (nSPS) is 11.2. The van der Waals surface area contributed by atoms with Crippen LogP contribution in [-0.4, -0.2) is 30.7 Å². The number of thiocarbonyl (C=S) groups is 1. The minimum atomic E-state index is -3.42. The lowest BCUT2D eigenvalue weighted by molar-refractivity contribution is 0.595. The van der Waals surface area contributed by atoms with Crippen molar-refractivity contribution in [2.75, 3.05) is 17.6 Å². The lowest BCUT2D eigenvalue weighted by Crippen LogP contribution is -2.20. The molecule has 18 heavy (non-hydrogen) atoms. The van der Waals surface area contributed by atoms with Crippen molar-refractivity contribution in [3.8, 4) is 0 Å². The quantitative estimate of drug-likeness (QED) is 0.506. The molecule has 0 amide bonds. The fourth-order valence-corrected chi connectivity index (χ4v) is 2.08. The minimum Gasteiger partial charge on any atom is -0.389 e. The summed E-state index contributed by atoms with van der Waals surface area (Å²) < 4.78 is 21.5. The maximum absolute atomic E-state index is 10.8. The summed E-state index contributed by atoms with van der Waals surface area (Å²) in [5.74, 6) is 0.491. The van der Waals surface area contributed by atoms with E-state index in [1.54, 1.807) is 6.07 Å². The molecule has 0 spiro atoms. The first-order chi connectivity index (χ1) is 8.29. The molecule has 8 heteroatoms. The molecule has 0 bridgehead atoms. The van der Waals surface area contributed by atoms with Gasteiger partial charge in [0, 0.05) is 12.2 Å². The first kappa shape index (κ1) is 14.8. The molecule has 1 aromatic heterocycles. The molecule has 1 rings (SSSR count). The van der Waals surface area contributed by atoms with E-state index in [0.717, 1.165) is 5.69 Å². The van der Waals surface area contributed by atoms with Crippen LogP contribution in [0.25, 0.3) is 0 Å². The van der Waals surface area contributed by atoms with Crippen molar-refractivity contribution in [2.24, 2.45) is 10.9 Å². The van der Waals surface area contributed by atoms with Gasteiger partial charge in [-0.15, -0.1) is 0 Å². The van der Waals surface area contributed by atoms with Gasteiger partial charge in [-0.1, -0.05) is 12.2 Å². The molecule has 0 radical (unpaired) electrons. The summed E-state index contributed by atoms with van der Waals surface area (Å²) in [5.41, 5.74) is 7.04. The van der Waals surface area contributed by atoms with Gasteiger partial charge in [0.1, 0.15) is 10.8 Å². The van der Waals surface area contributed by atoms with E-state index in [-0.39, 0.29) is 10.7 Å². The number of anilines is 1. The zero-order valence-electron chi connectivity index (χ0n) is 10.0. The standard InChI is InChI=1S/C10H16N4O2S2/c1-7-3-4-8(9(11)17)10(14-7)13-5-2-6-18(12,15)16/h3-4H,2,5-6H2,1H3,(H2,11,17)(H,13,14)(H2,12,15,16). The third kappa shape index (κ3) is 4.94. The molecule has 0 aliphatic carbocycles. The number of primary sulfonamides is 1. The molecule has 1 aromatic rings. The molecule has 0 aromatic carbocycles. The van der Waals surface area contributed by atoms with Crippen LogP contribution in [-0.2, 0) is 10.0 Å². The van der Waals surface area contributed by atoms with E-state index in [1.165, 1.54) is 0 Å². The summed E-state index contributed by atoms with van der Waals surface area (Å²) in [6.45, 7) is 2.28. The third-order valence-corrected chi connectivity index (χ3v) is 3.28. The molecule has 0 fully saturated rings. The van der Waals surface area contributed by atoms with Crippen molar-refractivity contribution in [3.05, 3.63) is 23.4 Å². The van der Waals surface area contributed by atoms with E-state index in [0.29, 0.717) is 24.3 Å². The number of nitrogens with zero attached hydrogens (tertiary/aromatic N) is 1. The largest absolute Gasteiger partial charge is 0.389 e. The van der Waals surface area contributed by atoms with Crippen LogP contribution in [0.3, 0.4) is 0 Å². The minimum absolute atomic E-state index is 0.0752. The zero-order chi connectivity index (χ0) is 13.8. The van der Waals surface area contributed by atoms with Crippen LogP contribution in [0.4, 0.5) is 5.82 Å². The molecule has 5 N–H and O–H groups in total. The van der Waals surface area contributed by atoms with Gasteiger partial charge in [-0.25, -0.2) is 18.5 Å². The van der Waals surface area contributed by atoms with E-state index in [4.69, 9.17) is 23.1 Å². The van der Waals surface area contributed by atoms with Crippen molar-refractivity contribution >= 4 is 33.0 Å². The molecule has 0 unspecified atom stereocenters. The van der Waals surface area contributed by atoms with Gasteiger partial charge in [0.05, 0.1) is 11.3 Å². The fourth-order valence-electron chi connectivity index (χ4n) is 1.37. The SMILES string of the molecule is Cc1ccc(C(N)=S)c(NCCCS(N)(=O)=O)n1. The van der Waals surface area contributed by atoms with Crippen LogP contribution >= 0.6 is 12.2 Å². The number of aromatic nitrogens is 1. The summed E-state index contributed by atoms with van der Waals surface area (Å²) >= 11 is 4.91. The molecule has 0 saturated heterocycles. The van der Waals surface area contributed by atoms with Gasteiger partial charge >= 0.3 is 0 Å². The topological polar surface area (TPSA) is 111 Å². The second-order valence-electron chi connectivity index (χ2n) is 3.86. The van der Waals surface area contributed by atoms with Gasteiger partial charge in [-0.3, -0.25) is 0 Å². The number of aryl methyl sites for hydroxylation is 1. The van der Waals surface area contributed by atoms with E-state index in [2.05, 4.69) is 10.3 Å². The Hall–Kier alpha value is -1.25. The van der Waals surface area contributed by atoms with Crippen molar-refractivity contribution in [1.82, 2.24) is 4.98 Å². The van der Waals surface area contributed by atoms with Gasteiger partial charge < -0.3 is 11.1 Å². The predicted molar refractivity (Wildman–Crippen MR) is 75.9 cm³/mol. The molecule has 0 aliphatic heterocycles. The van der Waals surface area contributed by atoms with Crippen molar-refractivity contribution in [2.45, 2.75) is 13.3 Å². The van der Waals surface area contributed by atoms with Crippen LogP contribution in [0, 0.1) is 6.92 Å². The van der Waals surface area contributed by atoms with Gasteiger partial charge in [0.2, 0.25) is 10.0 Å². The number of sulfonamides is 1. The lowest BCUT2D eigenvalue weighted by Gasteiger charge is -2.10. The van der Waals surface area contributed by atoms with Crippen LogP contribution < -0.4 is 16.2 Å². The Morgan fingerprint density at radius 2 is 2.17 bits per heavy atom. The Morgan fingerprint density at radius 3 is 2.72 bits per heavy atom.